The molecule has 2 fully saturated rings. The molecule has 0 saturated carbocycles. The van der Waals surface area contributed by atoms with Crippen molar-refractivity contribution in [2.45, 2.75) is 50.5 Å². The number of nitrogens with zero attached hydrogens (tertiary/aromatic N) is 4. The van der Waals surface area contributed by atoms with Crippen molar-refractivity contribution in [3.05, 3.63) is 52.6 Å². The molecular weight excluding hydrogens is 516 g/mol. The molecule has 0 amide bonds. The Bertz CT molecular complexity index is 1350. The molecule has 1 aromatic carbocycles. The average molecular weight is 541 g/mol. The molecule has 2 bridgehead atoms. The van der Waals surface area contributed by atoms with Gasteiger partial charge in [-0.2, -0.15) is 27.1 Å². The minimum absolute atomic E-state index is 0.0199. The summed E-state index contributed by atoms with van der Waals surface area (Å²) < 4.78 is 96.2. The van der Waals surface area contributed by atoms with Crippen molar-refractivity contribution in [1.29, 1.82) is 0 Å². The van der Waals surface area contributed by atoms with Crippen LogP contribution in [0.25, 0.3) is 10.9 Å². The lowest BCUT2D eigenvalue weighted by atomic mass is 9.90. The molecule has 2 unspecified atom stereocenters. The third-order valence-electron chi connectivity index (χ3n) is 6.97. The number of rotatable bonds is 7. The summed E-state index contributed by atoms with van der Waals surface area (Å²) in [6.45, 7) is 2.64. The van der Waals surface area contributed by atoms with Gasteiger partial charge < -0.3 is 19.7 Å². The SMILES string of the molecule is COCC(F)(F)c1cccc([C@@H](C)Nc2nnc(C)c3nc(C(F)(F)F)c(N4C5COCC4C5)cc23)c1F. The van der Waals surface area contributed by atoms with Crippen molar-refractivity contribution in [3.8, 4) is 0 Å². The predicted octanol–water partition coefficient (Wildman–Crippen LogP) is 5.38. The molecule has 5 rings (SSSR count). The van der Waals surface area contributed by atoms with Crippen LogP contribution >= 0.6 is 0 Å². The van der Waals surface area contributed by atoms with Gasteiger partial charge in [-0.1, -0.05) is 12.1 Å². The van der Waals surface area contributed by atoms with E-state index < -0.39 is 41.8 Å². The molecule has 2 aromatic heterocycles. The normalized spacial score (nSPS) is 20.4. The van der Waals surface area contributed by atoms with Crippen LogP contribution in [0.2, 0.25) is 0 Å². The molecule has 0 aliphatic carbocycles. The Kier molecular flexibility index (Phi) is 6.62. The second-order valence-corrected chi connectivity index (χ2v) is 9.58. The van der Waals surface area contributed by atoms with Gasteiger partial charge >= 0.3 is 6.18 Å². The highest BCUT2D eigenvalue weighted by atomic mass is 19.4. The molecule has 0 radical (unpaired) electrons. The first-order chi connectivity index (χ1) is 17.9. The highest BCUT2D eigenvalue weighted by Gasteiger charge is 2.47. The highest BCUT2D eigenvalue weighted by Crippen LogP contribution is 2.45. The fourth-order valence-corrected chi connectivity index (χ4v) is 5.14. The molecule has 2 aliphatic rings. The van der Waals surface area contributed by atoms with Gasteiger partial charge in [-0.3, -0.25) is 0 Å². The van der Waals surface area contributed by atoms with Gasteiger partial charge in [0, 0.05) is 18.1 Å². The lowest BCUT2D eigenvalue weighted by Gasteiger charge is -2.54. The zero-order valence-corrected chi connectivity index (χ0v) is 20.7. The first-order valence-corrected chi connectivity index (χ1v) is 12.0. The van der Waals surface area contributed by atoms with Crippen molar-refractivity contribution in [1.82, 2.24) is 15.2 Å². The molecule has 3 atom stereocenters. The summed E-state index contributed by atoms with van der Waals surface area (Å²) in [6, 6.07) is 3.69. The number of ether oxygens (including phenoxy) is 2. The average Bonchev–Trinajstić information content (AvgIpc) is 2.85. The number of hydrogen-bond donors (Lipinski definition) is 1. The maximum atomic E-state index is 15.2. The number of methoxy groups -OCH3 is 1. The van der Waals surface area contributed by atoms with Crippen LogP contribution in [0.1, 0.15) is 41.9 Å². The smallest absolute Gasteiger partial charge is 0.378 e. The fourth-order valence-electron chi connectivity index (χ4n) is 5.14. The zero-order valence-electron chi connectivity index (χ0n) is 20.7. The molecule has 38 heavy (non-hydrogen) atoms. The van der Waals surface area contributed by atoms with Crippen LogP contribution in [-0.2, 0) is 21.6 Å². The lowest BCUT2D eigenvalue weighted by Crippen LogP contribution is -2.64. The van der Waals surface area contributed by atoms with Crippen LogP contribution in [0, 0.1) is 12.7 Å². The van der Waals surface area contributed by atoms with E-state index in [1.54, 1.807) is 4.90 Å². The summed E-state index contributed by atoms with van der Waals surface area (Å²) in [5.41, 5.74) is -1.87. The predicted molar refractivity (Wildman–Crippen MR) is 127 cm³/mol. The number of pyridine rings is 1. The number of hydrogen-bond acceptors (Lipinski definition) is 7. The van der Waals surface area contributed by atoms with Gasteiger partial charge in [0.05, 0.1) is 53.8 Å². The van der Waals surface area contributed by atoms with Crippen LogP contribution in [0.3, 0.4) is 0 Å². The van der Waals surface area contributed by atoms with Gasteiger partial charge in [0.25, 0.3) is 5.92 Å². The van der Waals surface area contributed by atoms with Crippen LogP contribution in [0.4, 0.5) is 37.8 Å². The number of aryl methyl sites for hydroxylation is 1. The third-order valence-corrected chi connectivity index (χ3v) is 6.97. The van der Waals surface area contributed by atoms with Gasteiger partial charge in [0.2, 0.25) is 0 Å². The molecule has 13 heteroatoms. The Morgan fingerprint density at radius 2 is 1.87 bits per heavy atom. The number of alkyl halides is 5. The number of anilines is 2. The minimum atomic E-state index is -4.72. The van der Waals surface area contributed by atoms with Gasteiger partial charge in [-0.15, -0.1) is 5.10 Å². The number of benzene rings is 1. The van der Waals surface area contributed by atoms with Gasteiger partial charge in [-0.05, 0) is 32.4 Å². The minimum Gasteiger partial charge on any atom is -0.378 e. The largest absolute Gasteiger partial charge is 0.435 e. The van der Waals surface area contributed by atoms with Crippen LogP contribution in [0.5, 0.6) is 0 Å². The zero-order chi connectivity index (χ0) is 27.4. The highest BCUT2D eigenvalue weighted by molar-refractivity contribution is 5.93. The molecule has 1 N–H and O–H groups in total. The molecular formula is C25H25F6N5O2. The quantitative estimate of drug-likeness (QED) is 0.403. The van der Waals surface area contributed by atoms with Crippen molar-refractivity contribution in [3.63, 3.8) is 0 Å². The second-order valence-electron chi connectivity index (χ2n) is 9.58. The summed E-state index contributed by atoms with van der Waals surface area (Å²) in [5.74, 6) is -4.63. The van der Waals surface area contributed by atoms with E-state index in [1.807, 2.05) is 0 Å². The summed E-state index contributed by atoms with van der Waals surface area (Å²) in [6.07, 6.45) is -4.00. The van der Waals surface area contributed by atoms with Crippen LogP contribution in [-0.4, -0.2) is 54.2 Å². The molecule has 4 heterocycles. The Balaban J connectivity index is 1.57. The molecule has 2 saturated heterocycles. The van der Waals surface area contributed by atoms with E-state index in [0.717, 1.165) is 13.2 Å². The molecule has 3 aromatic rings. The molecule has 2 aliphatic heterocycles. The van der Waals surface area contributed by atoms with Gasteiger partial charge in [0.15, 0.2) is 11.5 Å². The lowest BCUT2D eigenvalue weighted by molar-refractivity contribution is -0.140. The van der Waals surface area contributed by atoms with E-state index in [2.05, 4.69) is 25.2 Å². The summed E-state index contributed by atoms with van der Waals surface area (Å²) in [7, 11) is 1.09. The van der Waals surface area contributed by atoms with E-state index in [1.165, 1.54) is 32.0 Å². The van der Waals surface area contributed by atoms with E-state index in [9.17, 15) is 22.0 Å². The van der Waals surface area contributed by atoms with Gasteiger partial charge in [-0.25, -0.2) is 9.37 Å². The Labute approximate surface area is 214 Å². The number of halogens is 6. The maximum Gasteiger partial charge on any atom is 0.435 e. The van der Waals surface area contributed by atoms with Crippen LogP contribution in [0.15, 0.2) is 24.3 Å². The van der Waals surface area contributed by atoms with E-state index >= 15 is 4.39 Å². The molecule has 7 nitrogen and oxygen atoms in total. The number of aromatic nitrogens is 3. The Morgan fingerprint density at radius 1 is 1.16 bits per heavy atom. The first-order valence-electron chi connectivity index (χ1n) is 12.0. The summed E-state index contributed by atoms with van der Waals surface area (Å²) in [4.78, 5) is 5.63. The molecule has 204 valence electrons. The number of fused-ring (bicyclic) bond motifs is 3. The van der Waals surface area contributed by atoms with Crippen molar-refractivity contribution in [2.75, 3.05) is 37.1 Å². The van der Waals surface area contributed by atoms with Crippen LogP contribution < -0.4 is 10.2 Å². The van der Waals surface area contributed by atoms with Gasteiger partial charge in [0.1, 0.15) is 12.4 Å². The fraction of sp³-hybridized carbons (Fsp3) is 0.480. The summed E-state index contributed by atoms with van der Waals surface area (Å²) in [5, 5.41) is 11.2. The Morgan fingerprint density at radius 3 is 2.50 bits per heavy atom. The molecule has 0 spiro atoms. The van der Waals surface area contributed by atoms with E-state index in [-0.39, 0.29) is 45.7 Å². The standard InChI is InChI=1S/C25H25F6N5O2/c1-12(16-5-4-6-18(20(16)26)24(27,28)11-37-3)32-23-17-8-19(36-14-7-15(36)10-38-9-14)22(25(29,30)31)33-21(17)13(2)34-35-23/h4-6,8,12,14-15H,7,9-11H2,1-3H3,(H,32,35)/t12-,14?,15?/m1/s1. The summed E-state index contributed by atoms with van der Waals surface area (Å²) >= 11 is 0. The van der Waals surface area contributed by atoms with E-state index in [4.69, 9.17) is 4.74 Å². The van der Waals surface area contributed by atoms with E-state index in [0.29, 0.717) is 19.6 Å². The number of morpholine rings is 1. The third kappa shape index (κ3) is 4.51. The monoisotopic (exact) mass is 541 g/mol. The topological polar surface area (TPSA) is 72.4 Å². The van der Waals surface area contributed by atoms with Crippen molar-refractivity contribution < 1.29 is 35.8 Å². The second kappa shape index (κ2) is 9.53. The number of nitrogens with one attached hydrogen (secondary N) is 1. The van der Waals surface area contributed by atoms with Crippen molar-refractivity contribution >= 4 is 22.4 Å². The maximum absolute atomic E-state index is 15.2. The van der Waals surface area contributed by atoms with Crippen molar-refractivity contribution in [2.24, 2.45) is 0 Å². The first kappa shape index (κ1) is 26.4. The Hall–Kier alpha value is -3.19.